The summed E-state index contributed by atoms with van der Waals surface area (Å²) in [6, 6.07) is 15.6. The van der Waals surface area contributed by atoms with E-state index < -0.39 is 4.92 Å². The van der Waals surface area contributed by atoms with Crippen LogP contribution in [0.25, 0.3) is 0 Å². The van der Waals surface area contributed by atoms with E-state index in [-0.39, 0.29) is 22.9 Å². The molecule has 0 aliphatic rings. The van der Waals surface area contributed by atoms with Crippen LogP contribution in [0.1, 0.15) is 20.8 Å². The second-order valence-electron chi connectivity index (χ2n) is 6.20. The molecule has 0 aliphatic carbocycles. The van der Waals surface area contributed by atoms with Gasteiger partial charge in [-0.3, -0.25) is 14.9 Å². The fourth-order valence-corrected chi connectivity index (χ4v) is 3.70. The van der Waals surface area contributed by atoms with Crippen molar-refractivity contribution in [2.45, 2.75) is 13.1 Å². The molecule has 0 saturated heterocycles. The molecule has 3 aromatic rings. The number of thiophene rings is 1. The zero-order valence-electron chi connectivity index (χ0n) is 16.0. The quantitative estimate of drug-likeness (QED) is 0.401. The van der Waals surface area contributed by atoms with Crippen LogP contribution in [0.5, 0.6) is 11.5 Å². The molecule has 0 spiro atoms. The first-order valence-electron chi connectivity index (χ1n) is 8.79. The summed E-state index contributed by atoms with van der Waals surface area (Å²) in [5.41, 5.74) is 0.832. The molecule has 0 saturated carbocycles. The molecular weight excluding hydrogens is 392 g/mol. The van der Waals surface area contributed by atoms with Crippen LogP contribution in [0.4, 0.5) is 5.69 Å². The number of carbonyl (C=O) groups is 1. The first-order chi connectivity index (χ1) is 14.0. The van der Waals surface area contributed by atoms with E-state index in [1.807, 2.05) is 41.8 Å². The van der Waals surface area contributed by atoms with Crippen LogP contribution in [-0.2, 0) is 13.1 Å². The zero-order valence-corrected chi connectivity index (χ0v) is 16.8. The van der Waals surface area contributed by atoms with Crippen molar-refractivity contribution in [2.75, 3.05) is 14.2 Å². The highest BCUT2D eigenvalue weighted by Crippen LogP contribution is 2.29. The monoisotopic (exact) mass is 412 g/mol. The number of para-hydroxylation sites is 1. The summed E-state index contributed by atoms with van der Waals surface area (Å²) in [7, 11) is 2.94. The zero-order chi connectivity index (χ0) is 20.8. The molecule has 1 aromatic heterocycles. The number of hydrogen-bond donors (Lipinski definition) is 0. The van der Waals surface area contributed by atoms with Crippen molar-refractivity contribution in [3.05, 3.63) is 86.1 Å². The summed E-state index contributed by atoms with van der Waals surface area (Å²) in [6.07, 6.45) is 0. The van der Waals surface area contributed by atoms with Gasteiger partial charge in [0.2, 0.25) is 0 Å². The van der Waals surface area contributed by atoms with E-state index in [0.29, 0.717) is 18.8 Å². The number of benzene rings is 2. The Bertz CT molecular complexity index is 1000. The number of carbonyl (C=O) groups excluding carboxylic acids is 1. The Morgan fingerprint density at radius 2 is 1.79 bits per heavy atom. The Kier molecular flexibility index (Phi) is 6.46. The van der Waals surface area contributed by atoms with Crippen molar-refractivity contribution in [3.8, 4) is 11.5 Å². The lowest BCUT2D eigenvalue weighted by Gasteiger charge is -2.23. The van der Waals surface area contributed by atoms with Crippen LogP contribution in [0.3, 0.4) is 0 Å². The minimum absolute atomic E-state index is 0.112. The van der Waals surface area contributed by atoms with E-state index in [0.717, 1.165) is 10.4 Å². The minimum atomic E-state index is -0.556. The second-order valence-corrected chi connectivity index (χ2v) is 7.23. The van der Waals surface area contributed by atoms with Gasteiger partial charge in [0.1, 0.15) is 5.75 Å². The number of methoxy groups -OCH3 is 2. The van der Waals surface area contributed by atoms with Gasteiger partial charge in [0.25, 0.3) is 5.91 Å². The summed E-state index contributed by atoms with van der Waals surface area (Å²) >= 11 is 1.55. The van der Waals surface area contributed by atoms with Crippen molar-refractivity contribution in [2.24, 2.45) is 0 Å². The topological polar surface area (TPSA) is 81.9 Å². The van der Waals surface area contributed by atoms with E-state index in [1.54, 1.807) is 23.3 Å². The predicted octanol–water partition coefficient (Wildman–Crippen LogP) is 4.52. The lowest BCUT2D eigenvalue weighted by atomic mass is 10.1. The van der Waals surface area contributed by atoms with Crippen LogP contribution in [0, 0.1) is 10.1 Å². The summed E-state index contributed by atoms with van der Waals surface area (Å²) < 4.78 is 10.4. The predicted molar refractivity (Wildman–Crippen MR) is 111 cm³/mol. The van der Waals surface area contributed by atoms with Gasteiger partial charge >= 0.3 is 5.69 Å². The Labute approximate surface area is 172 Å². The van der Waals surface area contributed by atoms with Crippen molar-refractivity contribution in [1.82, 2.24) is 4.90 Å². The largest absolute Gasteiger partial charge is 0.496 e. The number of amides is 1. The van der Waals surface area contributed by atoms with Crippen LogP contribution < -0.4 is 9.47 Å². The van der Waals surface area contributed by atoms with Gasteiger partial charge < -0.3 is 14.4 Å². The smallest absolute Gasteiger partial charge is 0.311 e. The Balaban J connectivity index is 1.96. The molecule has 150 valence electrons. The fourth-order valence-electron chi connectivity index (χ4n) is 2.98. The fraction of sp³-hybridized carbons (Fsp3) is 0.190. The lowest BCUT2D eigenvalue weighted by Crippen LogP contribution is -2.30. The molecule has 0 bridgehead atoms. The standard InChI is InChI=1S/C21H20N2O5S/c1-27-19-8-4-3-6-16(19)13-22(14-17-7-5-11-29-17)21(24)15-9-10-20(28-2)18(12-15)23(25)26/h3-12H,13-14H2,1-2H3. The molecule has 2 aromatic carbocycles. The average Bonchev–Trinajstić information content (AvgIpc) is 3.25. The molecule has 8 heteroatoms. The molecule has 0 fully saturated rings. The summed E-state index contributed by atoms with van der Waals surface area (Å²) in [5, 5.41) is 13.3. The van der Waals surface area contributed by atoms with E-state index in [4.69, 9.17) is 9.47 Å². The van der Waals surface area contributed by atoms with Gasteiger partial charge in [-0.15, -0.1) is 11.3 Å². The number of ether oxygens (including phenoxy) is 2. The number of nitrogens with zero attached hydrogens (tertiary/aromatic N) is 2. The molecule has 0 radical (unpaired) electrons. The SMILES string of the molecule is COc1ccccc1CN(Cc1cccs1)C(=O)c1ccc(OC)c([N+](=O)[O-])c1. The maximum atomic E-state index is 13.3. The van der Waals surface area contributed by atoms with Gasteiger partial charge in [-0.1, -0.05) is 24.3 Å². The van der Waals surface area contributed by atoms with E-state index >= 15 is 0 Å². The third-order valence-electron chi connectivity index (χ3n) is 4.39. The van der Waals surface area contributed by atoms with Crippen LogP contribution in [0.15, 0.2) is 60.0 Å². The Morgan fingerprint density at radius 3 is 2.45 bits per heavy atom. The average molecular weight is 412 g/mol. The molecule has 0 atom stereocenters. The third-order valence-corrected chi connectivity index (χ3v) is 5.25. The third kappa shape index (κ3) is 4.72. The molecule has 29 heavy (non-hydrogen) atoms. The highest BCUT2D eigenvalue weighted by atomic mass is 32.1. The molecule has 7 nitrogen and oxygen atoms in total. The minimum Gasteiger partial charge on any atom is -0.496 e. The second kappa shape index (κ2) is 9.20. The van der Waals surface area contributed by atoms with Crippen molar-refractivity contribution in [1.29, 1.82) is 0 Å². The van der Waals surface area contributed by atoms with Gasteiger partial charge in [-0.2, -0.15) is 0 Å². The lowest BCUT2D eigenvalue weighted by molar-refractivity contribution is -0.385. The van der Waals surface area contributed by atoms with Gasteiger partial charge in [0.15, 0.2) is 5.75 Å². The van der Waals surface area contributed by atoms with Crippen LogP contribution in [-0.4, -0.2) is 29.9 Å². The maximum Gasteiger partial charge on any atom is 0.311 e. The van der Waals surface area contributed by atoms with Gasteiger partial charge in [-0.05, 0) is 29.6 Å². The summed E-state index contributed by atoms with van der Waals surface area (Å²) in [4.78, 5) is 26.7. The molecule has 3 rings (SSSR count). The summed E-state index contributed by atoms with van der Waals surface area (Å²) in [6.45, 7) is 0.689. The normalized spacial score (nSPS) is 10.4. The number of nitro benzene ring substituents is 1. The van der Waals surface area contributed by atoms with Gasteiger partial charge in [0.05, 0.1) is 32.2 Å². The van der Waals surface area contributed by atoms with Crippen LogP contribution in [0.2, 0.25) is 0 Å². The number of rotatable bonds is 8. The Morgan fingerprint density at radius 1 is 1.03 bits per heavy atom. The molecular formula is C21H20N2O5S. The highest BCUT2D eigenvalue weighted by molar-refractivity contribution is 7.09. The number of hydrogen-bond acceptors (Lipinski definition) is 6. The molecule has 1 heterocycles. The number of nitro groups is 1. The molecule has 0 aliphatic heterocycles. The Hall–Kier alpha value is -3.39. The van der Waals surface area contributed by atoms with Crippen molar-refractivity contribution in [3.63, 3.8) is 0 Å². The first kappa shape index (κ1) is 20.3. The van der Waals surface area contributed by atoms with E-state index in [1.165, 1.54) is 25.3 Å². The highest BCUT2D eigenvalue weighted by Gasteiger charge is 2.23. The van der Waals surface area contributed by atoms with Crippen molar-refractivity contribution < 1.29 is 19.2 Å². The molecule has 0 N–H and O–H groups in total. The van der Waals surface area contributed by atoms with E-state index in [9.17, 15) is 14.9 Å². The maximum absolute atomic E-state index is 13.3. The van der Waals surface area contributed by atoms with Crippen molar-refractivity contribution >= 4 is 22.9 Å². The van der Waals surface area contributed by atoms with Gasteiger partial charge in [0, 0.05) is 22.1 Å². The molecule has 0 unspecified atom stereocenters. The van der Waals surface area contributed by atoms with E-state index in [2.05, 4.69) is 0 Å². The first-order valence-corrected chi connectivity index (χ1v) is 9.67. The summed E-state index contributed by atoms with van der Waals surface area (Å²) in [5.74, 6) is 0.480. The molecule has 1 amide bonds. The van der Waals surface area contributed by atoms with Gasteiger partial charge in [-0.25, -0.2) is 0 Å². The van der Waals surface area contributed by atoms with Crippen LogP contribution >= 0.6 is 11.3 Å².